The molecule has 1 aromatic carbocycles. The molecule has 0 atom stereocenters. The summed E-state index contributed by atoms with van der Waals surface area (Å²) in [6, 6.07) is 4.84. The van der Waals surface area contributed by atoms with Gasteiger partial charge in [0.1, 0.15) is 0 Å². The minimum absolute atomic E-state index is 0.398. The number of aromatic nitrogens is 3. The van der Waals surface area contributed by atoms with E-state index in [0.29, 0.717) is 15.2 Å². The summed E-state index contributed by atoms with van der Waals surface area (Å²) in [5.41, 5.74) is -0.680. The highest BCUT2D eigenvalue weighted by Crippen LogP contribution is 2.22. The molecule has 0 aliphatic rings. The zero-order valence-corrected chi connectivity index (χ0v) is 9.59. The van der Waals surface area contributed by atoms with Crippen LogP contribution in [0, 0.1) is 0 Å². The molecule has 0 spiro atoms. The summed E-state index contributed by atoms with van der Waals surface area (Å²) in [6.45, 7) is 0. The smallest absolute Gasteiger partial charge is 0.247 e. The molecule has 0 amide bonds. The van der Waals surface area contributed by atoms with E-state index in [4.69, 9.17) is 11.6 Å². The van der Waals surface area contributed by atoms with Crippen molar-refractivity contribution in [2.45, 2.75) is 0 Å². The van der Waals surface area contributed by atoms with Crippen LogP contribution in [0.15, 0.2) is 32.3 Å². The third kappa shape index (κ3) is 1.78. The van der Waals surface area contributed by atoms with E-state index in [1.165, 1.54) is 6.07 Å². The number of nitrogens with zero attached hydrogens (tertiary/aromatic N) is 1. The average molecular weight is 291 g/mol. The highest BCUT2D eigenvalue weighted by Gasteiger charge is 2.09. The maximum atomic E-state index is 11.3. The van der Waals surface area contributed by atoms with Crippen molar-refractivity contribution >= 4 is 27.5 Å². The zero-order chi connectivity index (χ0) is 11.0. The highest BCUT2D eigenvalue weighted by atomic mass is 79.9. The van der Waals surface area contributed by atoms with Crippen LogP contribution in [0.3, 0.4) is 0 Å². The summed E-state index contributed by atoms with van der Waals surface area (Å²) in [5.74, 6) is 0. The van der Waals surface area contributed by atoms with E-state index in [-0.39, 0.29) is 0 Å². The standard InChI is InChI=1S/C8H5BrClN3O2/c9-5-2-1-4(10)3-6(5)13-7(14)11-12-8(13)15/h1-3H,(H,11,14)(H,12,15). The Bertz CT molecular complexity index is 585. The van der Waals surface area contributed by atoms with Crippen LogP contribution in [-0.4, -0.2) is 14.8 Å². The lowest BCUT2D eigenvalue weighted by Gasteiger charge is -2.02. The Labute approximate surface area is 96.8 Å². The number of rotatable bonds is 1. The molecule has 0 unspecified atom stereocenters. The van der Waals surface area contributed by atoms with Gasteiger partial charge in [-0.3, -0.25) is 0 Å². The summed E-state index contributed by atoms with van der Waals surface area (Å²) < 4.78 is 1.56. The molecule has 0 radical (unpaired) electrons. The fourth-order valence-electron chi connectivity index (χ4n) is 1.19. The lowest BCUT2D eigenvalue weighted by Crippen LogP contribution is -2.24. The van der Waals surface area contributed by atoms with E-state index in [2.05, 4.69) is 26.1 Å². The van der Waals surface area contributed by atoms with Crippen LogP contribution >= 0.6 is 27.5 Å². The molecule has 0 saturated carbocycles. The lowest BCUT2D eigenvalue weighted by atomic mass is 10.3. The van der Waals surface area contributed by atoms with E-state index >= 15 is 0 Å². The molecule has 5 nitrogen and oxygen atoms in total. The van der Waals surface area contributed by atoms with Crippen molar-refractivity contribution in [1.29, 1.82) is 0 Å². The summed E-state index contributed by atoms with van der Waals surface area (Å²) in [6.07, 6.45) is 0. The largest absolute Gasteiger partial charge is 0.349 e. The first-order chi connectivity index (χ1) is 7.09. The van der Waals surface area contributed by atoms with Gasteiger partial charge in [-0.05, 0) is 34.1 Å². The predicted molar refractivity (Wildman–Crippen MR) is 59.7 cm³/mol. The first kappa shape index (κ1) is 10.3. The predicted octanol–water partition coefficient (Wildman–Crippen LogP) is 1.27. The van der Waals surface area contributed by atoms with Gasteiger partial charge < -0.3 is 0 Å². The van der Waals surface area contributed by atoms with Crippen LogP contribution in [0.5, 0.6) is 0 Å². The Balaban J connectivity index is 2.79. The van der Waals surface area contributed by atoms with Gasteiger partial charge in [0.05, 0.1) is 5.69 Å². The van der Waals surface area contributed by atoms with E-state index in [1.54, 1.807) is 12.1 Å². The fourth-order valence-corrected chi connectivity index (χ4v) is 1.78. The van der Waals surface area contributed by atoms with Gasteiger partial charge in [-0.1, -0.05) is 11.6 Å². The number of H-pyrrole nitrogens is 2. The second kappa shape index (κ2) is 3.71. The van der Waals surface area contributed by atoms with E-state index in [9.17, 15) is 9.59 Å². The van der Waals surface area contributed by atoms with Crippen LogP contribution in [-0.2, 0) is 0 Å². The van der Waals surface area contributed by atoms with Crippen LogP contribution in [0.2, 0.25) is 5.02 Å². The second-order valence-corrected chi connectivity index (χ2v) is 4.08. The minimum Gasteiger partial charge on any atom is -0.247 e. The Kier molecular flexibility index (Phi) is 2.54. The van der Waals surface area contributed by atoms with Gasteiger partial charge in [0.15, 0.2) is 0 Å². The molecule has 0 aliphatic heterocycles. The van der Waals surface area contributed by atoms with E-state index in [1.807, 2.05) is 0 Å². The fraction of sp³-hybridized carbons (Fsp3) is 0. The Hall–Kier alpha value is -1.27. The normalized spacial score (nSPS) is 10.5. The van der Waals surface area contributed by atoms with Crippen LogP contribution in [0.25, 0.3) is 5.69 Å². The number of halogens is 2. The molecule has 2 aromatic rings. The van der Waals surface area contributed by atoms with E-state index in [0.717, 1.165) is 4.57 Å². The molecule has 0 bridgehead atoms. The number of aromatic amines is 2. The summed E-state index contributed by atoms with van der Waals surface area (Å²) in [5, 5.41) is 4.82. The van der Waals surface area contributed by atoms with Crippen molar-refractivity contribution in [1.82, 2.24) is 14.8 Å². The summed E-state index contributed by atoms with van der Waals surface area (Å²) in [7, 11) is 0. The SMILES string of the molecule is O=c1[nH][nH]c(=O)n1-c1cc(Cl)ccc1Br. The molecule has 0 aliphatic carbocycles. The second-order valence-electron chi connectivity index (χ2n) is 2.79. The first-order valence-corrected chi connectivity index (χ1v) is 5.12. The number of hydrogen-bond donors (Lipinski definition) is 2. The maximum absolute atomic E-state index is 11.3. The van der Waals surface area contributed by atoms with Crippen LogP contribution in [0.1, 0.15) is 0 Å². The monoisotopic (exact) mass is 289 g/mol. The summed E-state index contributed by atoms with van der Waals surface area (Å²) in [4.78, 5) is 22.6. The maximum Gasteiger partial charge on any atom is 0.349 e. The van der Waals surface area contributed by atoms with Gasteiger partial charge in [-0.25, -0.2) is 24.4 Å². The van der Waals surface area contributed by atoms with Gasteiger partial charge in [-0.15, -0.1) is 0 Å². The van der Waals surface area contributed by atoms with Gasteiger partial charge in [0, 0.05) is 9.50 Å². The Morgan fingerprint density at radius 1 is 1.20 bits per heavy atom. The molecule has 1 aromatic heterocycles. The molecule has 0 saturated heterocycles. The number of benzene rings is 1. The van der Waals surface area contributed by atoms with Gasteiger partial charge in [0.2, 0.25) is 0 Å². The molecular weight excluding hydrogens is 285 g/mol. The van der Waals surface area contributed by atoms with Crippen molar-refractivity contribution in [3.8, 4) is 5.69 Å². The molecule has 0 fully saturated rings. The van der Waals surface area contributed by atoms with Crippen LogP contribution < -0.4 is 11.4 Å². The van der Waals surface area contributed by atoms with Crippen molar-refractivity contribution in [3.05, 3.63) is 48.7 Å². The third-order valence-corrected chi connectivity index (χ3v) is 2.74. The molecule has 2 N–H and O–H groups in total. The third-order valence-electron chi connectivity index (χ3n) is 1.83. The van der Waals surface area contributed by atoms with Gasteiger partial charge in [0.25, 0.3) is 0 Å². The Morgan fingerprint density at radius 3 is 2.40 bits per heavy atom. The highest BCUT2D eigenvalue weighted by molar-refractivity contribution is 9.10. The zero-order valence-electron chi connectivity index (χ0n) is 7.25. The minimum atomic E-state index is -0.539. The Morgan fingerprint density at radius 2 is 1.80 bits per heavy atom. The topological polar surface area (TPSA) is 70.7 Å². The quantitative estimate of drug-likeness (QED) is 0.830. The molecular formula is C8H5BrClN3O2. The van der Waals surface area contributed by atoms with E-state index < -0.39 is 11.4 Å². The molecule has 2 rings (SSSR count). The lowest BCUT2D eigenvalue weighted by molar-refractivity contribution is 0.946. The van der Waals surface area contributed by atoms with Gasteiger partial charge >= 0.3 is 11.4 Å². The number of nitrogens with one attached hydrogen (secondary N) is 2. The number of hydrogen-bond acceptors (Lipinski definition) is 2. The van der Waals surface area contributed by atoms with Gasteiger partial charge in [-0.2, -0.15) is 0 Å². The van der Waals surface area contributed by atoms with Crippen LogP contribution in [0.4, 0.5) is 0 Å². The van der Waals surface area contributed by atoms with Crippen molar-refractivity contribution in [2.24, 2.45) is 0 Å². The van der Waals surface area contributed by atoms with Crippen molar-refractivity contribution < 1.29 is 0 Å². The van der Waals surface area contributed by atoms with Crippen molar-refractivity contribution in [3.63, 3.8) is 0 Å². The molecule has 7 heteroatoms. The molecule has 78 valence electrons. The van der Waals surface area contributed by atoms with Crippen molar-refractivity contribution in [2.75, 3.05) is 0 Å². The average Bonchev–Trinajstić information content (AvgIpc) is 2.51. The first-order valence-electron chi connectivity index (χ1n) is 3.95. The molecule has 1 heterocycles. The summed E-state index contributed by atoms with van der Waals surface area (Å²) >= 11 is 9.01. The molecule has 15 heavy (non-hydrogen) atoms.